The highest BCUT2D eigenvalue weighted by Crippen LogP contribution is 2.43. The number of quaternary nitrogens is 1. The SMILES string of the molecule is CCCCN(CCCC[N+](C)(C)C)C(=O)CN1C[C@H](c2ccc3c(c2)OCO3)C(C(=O)O)[C@@H]1CCN1CCCS1(=O)=O. The Morgan fingerprint density at radius 3 is 2.50 bits per heavy atom. The average Bonchev–Trinajstić information content (AvgIpc) is 3.62. The number of aliphatic carboxylic acids is 1. The highest BCUT2D eigenvalue weighted by Gasteiger charge is 2.48. The van der Waals surface area contributed by atoms with Crippen molar-refractivity contribution in [3.63, 3.8) is 0 Å². The van der Waals surface area contributed by atoms with E-state index in [-0.39, 0.29) is 37.5 Å². The maximum Gasteiger partial charge on any atom is 0.308 e. The van der Waals surface area contributed by atoms with Crippen LogP contribution in [0.15, 0.2) is 18.2 Å². The zero-order valence-corrected chi connectivity index (χ0v) is 26.5. The minimum absolute atomic E-state index is 0.00275. The van der Waals surface area contributed by atoms with Gasteiger partial charge in [0.1, 0.15) is 0 Å². The van der Waals surface area contributed by atoms with E-state index in [2.05, 4.69) is 28.1 Å². The number of nitrogens with zero attached hydrogens (tertiary/aromatic N) is 4. The molecule has 3 aliphatic heterocycles. The van der Waals surface area contributed by atoms with Crippen LogP contribution in [0.25, 0.3) is 0 Å². The molecule has 3 aliphatic rings. The third-order valence-electron chi connectivity index (χ3n) is 8.72. The van der Waals surface area contributed by atoms with Crippen molar-refractivity contribution in [1.29, 1.82) is 0 Å². The van der Waals surface area contributed by atoms with Gasteiger partial charge in [-0.3, -0.25) is 14.5 Å². The van der Waals surface area contributed by atoms with Gasteiger partial charge < -0.3 is 24.0 Å². The fourth-order valence-electron chi connectivity index (χ4n) is 6.43. The summed E-state index contributed by atoms with van der Waals surface area (Å²) in [5, 5.41) is 10.5. The molecule has 1 unspecified atom stereocenters. The largest absolute Gasteiger partial charge is 0.481 e. The molecule has 12 heteroatoms. The Morgan fingerprint density at radius 2 is 1.83 bits per heavy atom. The lowest BCUT2D eigenvalue weighted by Crippen LogP contribution is -2.46. The van der Waals surface area contributed by atoms with Crippen LogP contribution in [0.1, 0.15) is 56.9 Å². The van der Waals surface area contributed by atoms with E-state index in [0.717, 1.165) is 42.3 Å². The van der Waals surface area contributed by atoms with Crippen LogP contribution in [-0.4, -0.2) is 130 Å². The Kier molecular flexibility index (Phi) is 10.8. The van der Waals surface area contributed by atoms with Crippen LogP contribution in [0.3, 0.4) is 0 Å². The molecule has 2 saturated heterocycles. The summed E-state index contributed by atoms with van der Waals surface area (Å²) in [6.07, 6.45) is 4.75. The van der Waals surface area contributed by atoms with Gasteiger partial charge in [0.05, 0.1) is 45.9 Å². The second-order valence-electron chi connectivity index (χ2n) is 12.9. The van der Waals surface area contributed by atoms with Crippen LogP contribution in [0.4, 0.5) is 0 Å². The van der Waals surface area contributed by atoms with E-state index >= 15 is 0 Å². The summed E-state index contributed by atoms with van der Waals surface area (Å²) >= 11 is 0. The fraction of sp³-hybridized carbons (Fsp3) is 0.733. The maximum absolute atomic E-state index is 13.8. The third kappa shape index (κ3) is 8.15. The molecule has 1 aromatic rings. The van der Waals surface area contributed by atoms with E-state index in [1.54, 1.807) is 6.07 Å². The molecule has 0 bridgehead atoms. The Balaban J connectivity index is 1.54. The van der Waals surface area contributed by atoms with Gasteiger partial charge in [-0.05, 0) is 49.8 Å². The molecular weight excluding hydrogens is 560 g/mol. The highest BCUT2D eigenvalue weighted by atomic mass is 32.2. The number of amides is 1. The van der Waals surface area contributed by atoms with E-state index in [1.165, 1.54) is 4.31 Å². The number of sulfonamides is 1. The van der Waals surface area contributed by atoms with Crippen LogP contribution in [0.5, 0.6) is 11.5 Å². The molecule has 0 aliphatic carbocycles. The van der Waals surface area contributed by atoms with Gasteiger partial charge in [0, 0.05) is 44.7 Å². The van der Waals surface area contributed by atoms with Crippen molar-refractivity contribution in [3.8, 4) is 11.5 Å². The van der Waals surface area contributed by atoms with Crippen LogP contribution in [0.2, 0.25) is 0 Å². The molecule has 42 heavy (non-hydrogen) atoms. The number of hydrogen-bond acceptors (Lipinski definition) is 7. The van der Waals surface area contributed by atoms with Crippen molar-refractivity contribution < 1.29 is 37.1 Å². The first-order chi connectivity index (χ1) is 19.9. The number of fused-ring (bicyclic) bond motifs is 1. The first-order valence-corrected chi connectivity index (χ1v) is 16.9. The Bertz CT molecular complexity index is 1200. The number of carbonyl (C=O) groups excluding carboxylic acids is 1. The summed E-state index contributed by atoms with van der Waals surface area (Å²) in [4.78, 5) is 30.5. The summed E-state index contributed by atoms with van der Waals surface area (Å²) < 4.78 is 38.4. The monoisotopic (exact) mass is 609 g/mol. The van der Waals surface area contributed by atoms with Gasteiger partial charge >= 0.3 is 5.97 Å². The summed E-state index contributed by atoms with van der Waals surface area (Å²) in [6.45, 7) is 5.83. The zero-order valence-electron chi connectivity index (χ0n) is 25.7. The van der Waals surface area contributed by atoms with Gasteiger partial charge in [0.15, 0.2) is 11.5 Å². The van der Waals surface area contributed by atoms with E-state index in [4.69, 9.17) is 9.47 Å². The van der Waals surface area contributed by atoms with Crippen LogP contribution < -0.4 is 9.47 Å². The fourth-order valence-corrected chi connectivity index (χ4v) is 7.97. The van der Waals surface area contributed by atoms with Crippen LogP contribution in [-0.2, 0) is 19.6 Å². The number of benzene rings is 1. The molecule has 4 rings (SSSR count). The third-order valence-corrected chi connectivity index (χ3v) is 10.7. The van der Waals surface area contributed by atoms with Crippen molar-refractivity contribution >= 4 is 21.9 Å². The van der Waals surface area contributed by atoms with Gasteiger partial charge in [-0.15, -0.1) is 0 Å². The first-order valence-electron chi connectivity index (χ1n) is 15.3. The molecular formula is C30H49N4O7S+. The standard InChI is InChI=1S/C30H48N4O7S/c1-5-6-13-31(14-7-8-17-34(2,3)4)28(35)21-32-20-24(23-10-11-26-27(19-23)41-22-40-26)29(30(36)37)25(32)12-16-33-15-9-18-42(33,38)39/h10-11,19,24-25,29H,5-9,12-18,20-22H2,1-4H3/p+1/t24-,25+,29?/m1/s1. The summed E-state index contributed by atoms with van der Waals surface area (Å²) in [6, 6.07) is 5.04. The summed E-state index contributed by atoms with van der Waals surface area (Å²) in [5.74, 6) is -0.764. The van der Waals surface area contributed by atoms with Crippen molar-refractivity contribution in [2.75, 3.05) is 79.5 Å². The maximum atomic E-state index is 13.8. The molecule has 0 spiro atoms. The lowest BCUT2D eigenvalue weighted by atomic mass is 9.84. The minimum atomic E-state index is -3.32. The molecule has 1 aromatic carbocycles. The zero-order chi connectivity index (χ0) is 30.5. The van der Waals surface area contributed by atoms with E-state index < -0.39 is 28.0 Å². The van der Waals surface area contributed by atoms with Gasteiger partial charge in [-0.2, -0.15) is 0 Å². The Labute approximate surface area is 251 Å². The van der Waals surface area contributed by atoms with Crippen LogP contribution in [0, 0.1) is 5.92 Å². The molecule has 3 atom stereocenters. The average molecular weight is 610 g/mol. The molecule has 1 N–H and O–H groups in total. The predicted octanol–water partition coefficient (Wildman–Crippen LogP) is 2.42. The topological polar surface area (TPSA) is 117 Å². The molecule has 2 fully saturated rings. The molecule has 1 amide bonds. The minimum Gasteiger partial charge on any atom is -0.481 e. The molecule has 11 nitrogen and oxygen atoms in total. The van der Waals surface area contributed by atoms with Gasteiger partial charge in [0.25, 0.3) is 0 Å². The van der Waals surface area contributed by atoms with Crippen molar-refractivity contribution in [1.82, 2.24) is 14.1 Å². The molecule has 0 saturated carbocycles. The van der Waals surface area contributed by atoms with E-state index in [1.807, 2.05) is 21.9 Å². The number of carbonyl (C=O) groups is 2. The van der Waals surface area contributed by atoms with E-state index in [0.29, 0.717) is 50.5 Å². The lowest BCUT2D eigenvalue weighted by Gasteiger charge is -2.31. The molecule has 236 valence electrons. The number of carboxylic acid groups (broad SMARTS) is 1. The summed E-state index contributed by atoms with van der Waals surface area (Å²) in [7, 11) is 3.17. The lowest BCUT2D eigenvalue weighted by molar-refractivity contribution is -0.870. The number of unbranched alkanes of at least 4 members (excludes halogenated alkanes) is 2. The van der Waals surface area contributed by atoms with E-state index in [9.17, 15) is 23.1 Å². The number of ether oxygens (including phenoxy) is 2. The predicted molar refractivity (Wildman–Crippen MR) is 160 cm³/mol. The first kappa shape index (κ1) is 32.5. The number of likely N-dealkylation sites (tertiary alicyclic amines) is 1. The highest BCUT2D eigenvalue weighted by molar-refractivity contribution is 7.89. The van der Waals surface area contributed by atoms with Gasteiger partial charge in [0.2, 0.25) is 22.7 Å². The second-order valence-corrected chi connectivity index (χ2v) is 15.0. The smallest absolute Gasteiger partial charge is 0.308 e. The normalized spacial score (nSPS) is 23.9. The number of carboxylic acids is 1. The summed E-state index contributed by atoms with van der Waals surface area (Å²) in [5.41, 5.74) is 0.823. The quantitative estimate of drug-likeness (QED) is 0.238. The van der Waals surface area contributed by atoms with Gasteiger partial charge in [-0.1, -0.05) is 19.4 Å². The molecule has 3 heterocycles. The number of rotatable bonds is 15. The molecule has 0 radical (unpaired) electrons. The van der Waals surface area contributed by atoms with Crippen molar-refractivity contribution in [2.45, 2.75) is 57.4 Å². The second kappa shape index (κ2) is 13.9. The number of hydrogen-bond donors (Lipinski definition) is 1. The Hall–Kier alpha value is -2.41. The van der Waals surface area contributed by atoms with Crippen LogP contribution >= 0.6 is 0 Å². The van der Waals surface area contributed by atoms with Gasteiger partial charge in [-0.25, -0.2) is 12.7 Å². The Morgan fingerprint density at radius 1 is 1.10 bits per heavy atom. The molecule has 0 aromatic heterocycles. The van der Waals surface area contributed by atoms with Crippen molar-refractivity contribution in [2.24, 2.45) is 5.92 Å². The van der Waals surface area contributed by atoms with Crippen molar-refractivity contribution in [3.05, 3.63) is 23.8 Å².